The Morgan fingerprint density at radius 2 is 0.622 bits per heavy atom. The van der Waals surface area contributed by atoms with E-state index in [-0.39, 0.29) is 69.3 Å². The van der Waals surface area contributed by atoms with Crippen LogP contribution in [0.15, 0.2) is 286 Å². The Balaban J connectivity index is 0.000000193. The molecule has 0 amide bonds. The average Bonchev–Trinajstić information content (AvgIpc) is 1.73. The van der Waals surface area contributed by atoms with Gasteiger partial charge in [0.15, 0.2) is 34.7 Å². The summed E-state index contributed by atoms with van der Waals surface area (Å²) in [5.41, 5.74) is 16.4. The highest BCUT2D eigenvalue weighted by Crippen LogP contribution is 2.23. The van der Waals surface area contributed by atoms with Crippen molar-refractivity contribution >= 4 is 70.0 Å². The third-order valence-electron chi connectivity index (χ3n) is 20.8. The summed E-state index contributed by atoms with van der Waals surface area (Å²) in [5.74, 6) is -10.6. The van der Waals surface area contributed by atoms with Gasteiger partial charge in [-0.15, -0.1) is 0 Å². The fraction of sp³-hybridized carbons (Fsp3) is 0.181. The molecule has 0 unspecified atom stereocenters. The first-order valence-electron chi connectivity index (χ1n) is 41.9. The zero-order valence-corrected chi connectivity index (χ0v) is 75.3. The van der Waals surface area contributed by atoms with Crippen molar-refractivity contribution in [2.24, 2.45) is 35.2 Å². The fourth-order valence-electron chi connectivity index (χ4n) is 13.3. The maximum atomic E-state index is 12.9. The molecule has 0 aliphatic rings. The van der Waals surface area contributed by atoms with Crippen LogP contribution in [0.5, 0.6) is 0 Å². The number of aromatic amines is 3. The third kappa shape index (κ3) is 33.9. The van der Waals surface area contributed by atoms with E-state index in [9.17, 15) is 88.3 Å². The number of aromatic nitrogens is 8. The predicted molar refractivity (Wildman–Crippen MR) is 493 cm³/mol. The molecule has 0 bridgehead atoms. The zero-order valence-electron chi connectivity index (χ0n) is 75.3. The van der Waals surface area contributed by atoms with E-state index in [1.165, 1.54) is 91.9 Å². The van der Waals surface area contributed by atoms with Gasteiger partial charge >= 0.3 is 17.9 Å². The molecule has 0 fully saturated rings. The lowest BCUT2D eigenvalue weighted by Gasteiger charge is -2.07. The van der Waals surface area contributed by atoms with Gasteiger partial charge in [-0.25, -0.2) is 45.1 Å². The molecule has 0 spiro atoms. The van der Waals surface area contributed by atoms with Crippen molar-refractivity contribution in [3.8, 4) is 0 Å². The number of carbonyl (C=O) groups is 12. The van der Waals surface area contributed by atoms with Crippen LogP contribution in [-0.4, -0.2) is 125 Å². The number of Topliss-reactive ketones (excluding diaryl/α,β-unsaturated/α-hetero) is 9. The lowest BCUT2D eigenvalue weighted by atomic mass is 10.1. The number of hydrogen-bond acceptors (Lipinski definition) is 13. The average molecular weight is 1850 g/mol. The second-order valence-corrected chi connectivity index (χ2v) is 30.9. The van der Waals surface area contributed by atoms with Crippen LogP contribution in [0.3, 0.4) is 0 Å². The molecule has 15 aromatic rings. The standard InChI is InChI=1S/C17H16FNO4.2C16H14FNO4.2C14H14FNO.C13H12FNO.C11H10FN.C4H5N/c1-19-13(9-11-3-5-12(18)6-4-11)7-8-14(19)15(20)10-16(21)17(22)23-2;1-18-9-11(14(19)8-15(20)16(21)22)7-13(18)6-10-2-4-12(17)5-3-10;1-18-12(8-10-2-4-11(17)5-3-10)6-7-13(18)14(19)9-15(20)16(21)22;1-10(17)12-8-14(16(2)9-12)7-11-3-5-13(15)6-4-11;1-10(17)14-8-7-13(16(14)2)9-11-3-5-12(15)6-4-11;1-9(16)13-7-6-12(15-13)8-10-2-4-11(14)5-3-10;12-10-5-3-9(4-6-10)8-11-2-1-7-13-11;1-2-4-5-3-1/h3-8H,9-10H2,1-2H3;2-5,7,9H,6,8H2,1H3,(H,21,22);2-7H,8-9H2,1H3,(H,21,22);3-6,8-9H,7H2,1-2H3;3-8H,9H2,1-2H3;2-7,15H,8H2,1H3;1-7,13H,8H2;1-5H. The van der Waals surface area contributed by atoms with E-state index < -0.39 is 71.9 Å². The summed E-state index contributed by atoms with van der Waals surface area (Å²) < 4.78 is 103. The molecule has 7 aromatic carbocycles. The van der Waals surface area contributed by atoms with Crippen molar-refractivity contribution in [3.05, 3.63) is 439 Å². The molecule has 135 heavy (non-hydrogen) atoms. The number of nitrogens with one attached hydrogen (secondary N) is 3. The number of aryl methyl sites for hydroxylation is 2. The van der Waals surface area contributed by atoms with Crippen LogP contribution in [0.4, 0.5) is 30.7 Å². The summed E-state index contributed by atoms with van der Waals surface area (Å²) in [5, 5.41) is 17.0. The molecule has 0 saturated carbocycles. The second-order valence-electron chi connectivity index (χ2n) is 30.9. The molecule has 698 valence electrons. The second kappa shape index (κ2) is 51.4. The first-order chi connectivity index (χ1) is 64.3. The van der Waals surface area contributed by atoms with Gasteiger partial charge in [-0.05, 0) is 216 Å². The molecule has 0 aliphatic carbocycles. The molecular weight excluding hydrogens is 1750 g/mol. The summed E-state index contributed by atoms with van der Waals surface area (Å²) >= 11 is 0. The zero-order chi connectivity index (χ0) is 98.5. The van der Waals surface area contributed by atoms with Crippen molar-refractivity contribution < 1.29 is 103 Å². The number of carbonyl (C=O) groups excluding carboxylic acids is 10. The van der Waals surface area contributed by atoms with Gasteiger partial charge in [-0.3, -0.25) is 43.2 Å². The van der Waals surface area contributed by atoms with Crippen LogP contribution in [0, 0.1) is 40.7 Å². The van der Waals surface area contributed by atoms with Gasteiger partial charge < -0.3 is 52.7 Å². The molecule has 15 rings (SSSR count). The van der Waals surface area contributed by atoms with Gasteiger partial charge in [-0.2, -0.15) is 0 Å². The summed E-state index contributed by atoms with van der Waals surface area (Å²) in [6, 6.07) is 69.3. The smallest absolute Gasteiger partial charge is 0.374 e. The van der Waals surface area contributed by atoms with E-state index in [0.29, 0.717) is 61.2 Å². The predicted octanol–water partition coefficient (Wildman–Crippen LogP) is 18.7. The van der Waals surface area contributed by atoms with Crippen molar-refractivity contribution in [1.82, 2.24) is 37.8 Å². The Kier molecular flexibility index (Phi) is 39.6. The summed E-state index contributed by atoms with van der Waals surface area (Å²) in [4.78, 5) is 144. The topological polar surface area (TPSA) is 327 Å². The highest BCUT2D eigenvalue weighted by Gasteiger charge is 2.25. The quantitative estimate of drug-likeness (QED) is 0.00956. The fourth-order valence-corrected chi connectivity index (χ4v) is 13.3. The van der Waals surface area contributed by atoms with Gasteiger partial charge in [0.2, 0.25) is 17.3 Å². The van der Waals surface area contributed by atoms with Crippen LogP contribution in [0.2, 0.25) is 0 Å². The SMILES string of the molecule is CC(=O)c1cc(Cc2ccc(F)cc2)n(C)c1.CC(=O)c1ccc(Cc2ccc(F)cc2)[nH]1.CC(=O)c1ccc(Cc2ccc(F)cc2)n1C.COC(=O)C(=O)CC(=O)c1ccc(Cc2ccc(F)cc2)n1C.Cn1c(Cc2ccc(F)cc2)ccc1C(=O)CC(=O)C(=O)O.Cn1cc(C(=O)CC(=O)C(=O)O)cc1Cc1ccc(F)cc1.Fc1ccc(Cc2ccc[nH]2)cc1.c1cc[nH]c1. The number of benzene rings is 7. The van der Waals surface area contributed by atoms with Crippen LogP contribution < -0.4 is 0 Å². The maximum Gasteiger partial charge on any atom is 0.374 e. The highest BCUT2D eigenvalue weighted by atomic mass is 19.2. The van der Waals surface area contributed by atoms with Crippen molar-refractivity contribution in [2.45, 2.75) is 85.0 Å². The van der Waals surface area contributed by atoms with Crippen LogP contribution >= 0.6 is 0 Å². The van der Waals surface area contributed by atoms with Gasteiger partial charge in [0.05, 0.1) is 49.1 Å². The number of ether oxygens (including phenoxy) is 1. The summed E-state index contributed by atoms with van der Waals surface area (Å²) in [6.07, 6.45) is 11.6. The summed E-state index contributed by atoms with van der Waals surface area (Å²) in [7, 11) is 9.98. The molecular formula is C105H99F7N8O15. The number of aliphatic carboxylic acids is 2. The Morgan fingerprint density at radius 3 is 0.911 bits per heavy atom. The molecule has 0 radical (unpaired) electrons. The van der Waals surface area contributed by atoms with E-state index in [1.54, 1.807) is 176 Å². The largest absolute Gasteiger partial charge is 0.475 e. The molecule has 0 aliphatic heterocycles. The van der Waals surface area contributed by atoms with Crippen molar-refractivity contribution in [1.29, 1.82) is 0 Å². The number of ketones is 9. The number of nitrogens with zero attached hydrogens (tertiary/aromatic N) is 5. The van der Waals surface area contributed by atoms with Gasteiger partial charge in [0.1, 0.15) is 40.7 Å². The monoisotopic (exact) mass is 1840 g/mol. The van der Waals surface area contributed by atoms with Crippen molar-refractivity contribution in [2.75, 3.05) is 7.11 Å². The highest BCUT2D eigenvalue weighted by molar-refractivity contribution is 6.38. The van der Waals surface area contributed by atoms with E-state index in [2.05, 4.69) is 19.7 Å². The normalized spacial score (nSPS) is 10.3. The molecule has 8 aromatic heterocycles. The Morgan fingerprint density at radius 1 is 0.311 bits per heavy atom. The van der Waals surface area contributed by atoms with E-state index in [4.69, 9.17) is 10.2 Å². The molecule has 0 atom stereocenters. The molecule has 5 N–H and O–H groups in total. The minimum atomic E-state index is -1.62. The van der Waals surface area contributed by atoms with Gasteiger partial charge in [0, 0.05) is 176 Å². The number of carboxylic acids is 2. The first-order valence-corrected chi connectivity index (χ1v) is 41.9. The lowest BCUT2D eigenvalue weighted by molar-refractivity contribution is -0.151. The van der Waals surface area contributed by atoms with E-state index >= 15 is 0 Å². The maximum absolute atomic E-state index is 12.9. The van der Waals surface area contributed by atoms with E-state index in [1.807, 2.05) is 96.5 Å². The van der Waals surface area contributed by atoms with Crippen LogP contribution in [-0.2, 0) is 114 Å². The minimum absolute atomic E-state index is 0.0188. The van der Waals surface area contributed by atoms with Crippen LogP contribution in [0.25, 0.3) is 0 Å². The number of halogens is 7. The minimum Gasteiger partial charge on any atom is -0.475 e. The van der Waals surface area contributed by atoms with Gasteiger partial charge in [0.25, 0.3) is 0 Å². The number of hydrogen-bond donors (Lipinski definition) is 5. The number of rotatable bonds is 29. The Hall–Kier alpha value is -16.3. The molecule has 23 nitrogen and oxygen atoms in total. The van der Waals surface area contributed by atoms with Crippen LogP contribution in [0.1, 0.15) is 182 Å². The summed E-state index contributed by atoms with van der Waals surface area (Å²) in [6.45, 7) is 4.63. The lowest BCUT2D eigenvalue weighted by Crippen LogP contribution is -2.20. The number of carboxylic acid groups (broad SMARTS) is 2. The molecule has 0 saturated heterocycles. The number of esters is 1. The Labute approximate surface area is 773 Å². The van der Waals surface area contributed by atoms with E-state index in [0.717, 1.165) is 92.3 Å². The van der Waals surface area contributed by atoms with Crippen molar-refractivity contribution in [3.63, 3.8) is 0 Å². The molecule has 8 heterocycles. The Bertz CT molecular complexity index is 6420. The third-order valence-corrected chi connectivity index (χ3v) is 20.8. The number of methoxy groups -OCH3 is 1. The molecule has 30 heteroatoms. The van der Waals surface area contributed by atoms with Gasteiger partial charge in [-0.1, -0.05) is 84.9 Å². The number of H-pyrrole nitrogens is 3. The first kappa shape index (κ1) is 104.